The zero-order valence-corrected chi connectivity index (χ0v) is 11.6. The van der Waals surface area contributed by atoms with E-state index < -0.39 is 0 Å². The highest BCUT2D eigenvalue weighted by Crippen LogP contribution is 2.11. The van der Waals surface area contributed by atoms with Crippen LogP contribution in [0.4, 0.5) is 0 Å². The number of aryl methyl sites for hydroxylation is 2. The van der Waals surface area contributed by atoms with E-state index in [4.69, 9.17) is 4.74 Å². The van der Waals surface area contributed by atoms with Crippen LogP contribution in [0, 0.1) is 6.92 Å². The van der Waals surface area contributed by atoms with Gasteiger partial charge in [0.15, 0.2) is 0 Å². The summed E-state index contributed by atoms with van der Waals surface area (Å²) in [6.45, 7) is 7.39. The minimum Gasteiger partial charge on any atom is -0.492 e. The molecule has 0 aliphatic carbocycles. The van der Waals surface area contributed by atoms with Crippen molar-refractivity contribution in [3.63, 3.8) is 0 Å². The average molecular weight is 259 g/mol. The van der Waals surface area contributed by atoms with Crippen molar-refractivity contribution >= 4 is 0 Å². The second kappa shape index (κ2) is 6.95. The van der Waals surface area contributed by atoms with Crippen molar-refractivity contribution in [3.05, 3.63) is 48.0 Å². The van der Waals surface area contributed by atoms with E-state index in [2.05, 4.69) is 34.8 Å². The summed E-state index contributed by atoms with van der Waals surface area (Å²) in [4.78, 5) is 4.31. The van der Waals surface area contributed by atoms with Crippen molar-refractivity contribution in [1.82, 2.24) is 14.9 Å². The lowest BCUT2D eigenvalue weighted by Crippen LogP contribution is -2.22. The first kappa shape index (κ1) is 13.6. The Bertz CT molecular complexity index is 508. The van der Waals surface area contributed by atoms with Crippen LogP contribution >= 0.6 is 0 Å². The van der Waals surface area contributed by atoms with Gasteiger partial charge in [-0.05, 0) is 31.5 Å². The van der Waals surface area contributed by atoms with Gasteiger partial charge in [0, 0.05) is 25.5 Å². The first-order valence-corrected chi connectivity index (χ1v) is 6.70. The molecule has 1 aromatic heterocycles. The number of benzene rings is 1. The molecule has 2 aromatic rings. The Kier molecular flexibility index (Phi) is 4.98. The molecule has 0 aliphatic heterocycles. The summed E-state index contributed by atoms with van der Waals surface area (Å²) < 4.78 is 7.81. The lowest BCUT2D eigenvalue weighted by molar-refractivity contribution is 0.312. The van der Waals surface area contributed by atoms with Gasteiger partial charge in [-0.1, -0.05) is 12.1 Å². The molecule has 0 fully saturated rings. The van der Waals surface area contributed by atoms with E-state index in [1.54, 1.807) is 0 Å². The lowest BCUT2D eigenvalue weighted by Gasteiger charge is -2.09. The number of hydrogen-bond acceptors (Lipinski definition) is 3. The van der Waals surface area contributed by atoms with Gasteiger partial charge < -0.3 is 14.6 Å². The Morgan fingerprint density at radius 3 is 3.05 bits per heavy atom. The molecule has 1 aromatic carbocycles. The lowest BCUT2D eigenvalue weighted by atomic mass is 10.2. The van der Waals surface area contributed by atoms with Crippen LogP contribution in [0.2, 0.25) is 0 Å². The molecule has 0 bridgehead atoms. The second-order valence-corrected chi connectivity index (χ2v) is 4.47. The van der Waals surface area contributed by atoms with Crippen LogP contribution in [-0.4, -0.2) is 22.7 Å². The normalized spacial score (nSPS) is 10.6. The number of ether oxygens (including phenoxy) is 1. The van der Waals surface area contributed by atoms with Crippen molar-refractivity contribution in [2.24, 2.45) is 0 Å². The van der Waals surface area contributed by atoms with Gasteiger partial charge in [-0.2, -0.15) is 0 Å². The van der Waals surface area contributed by atoms with Gasteiger partial charge in [0.1, 0.15) is 18.2 Å². The number of aromatic nitrogens is 2. The van der Waals surface area contributed by atoms with E-state index in [9.17, 15) is 0 Å². The molecule has 2 rings (SSSR count). The van der Waals surface area contributed by atoms with Crippen molar-refractivity contribution in [1.29, 1.82) is 0 Å². The van der Waals surface area contributed by atoms with Crippen LogP contribution < -0.4 is 10.1 Å². The van der Waals surface area contributed by atoms with Gasteiger partial charge in [-0.15, -0.1) is 0 Å². The van der Waals surface area contributed by atoms with Crippen LogP contribution in [0.1, 0.15) is 18.3 Å². The molecular weight excluding hydrogens is 238 g/mol. The molecule has 102 valence electrons. The first-order chi connectivity index (χ1) is 9.29. The van der Waals surface area contributed by atoms with Gasteiger partial charge in [-0.25, -0.2) is 4.98 Å². The number of rotatable bonds is 7. The molecule has 19 heavy (non-hydrogen) atoms. The van der Waals surface area contributed by atoms with E-state index >= 15 is 0 Å². The Balaban J connectivity index is 1.67. The fourth-order valence-corrected chi connectivity index (χ4v) is 1.94. The molecule has 0 radical (unpaired) electrons. The number of nitrogens with one attached hydrogen (secondary N) is 1. The summed E-state index contributed by atoms with van der Waals surface area (Å²) in [7, 11) is 0. The second-order valence-electron chi connectivity index (χ2n) is 4.47. The zero-order chi connectivity index (χ0) is 13.5. The topological polar surface area (TPSA) is 39.1 Å². The summed E-state index contributed by atoms with van der Waals surface area (Å²) in [5.41, 5.74) is 1.22. The van der Waals surface area contributed by atoms with Crippen molar-refractivity contribution in [2.45, 2.75) is 26.9 Å². The highest BCUT2D eigenvalue weighted by atomic mass is 16.5. The number of nitrogens with zero attached hydrogens (tertiary/aromatic N) is 2. The largest absolute Gasteiger partial charge is 0.492 e. The van der Waals surface area contributed by atoms with Crippen LogP contribution in [0.25, 0.3) is 0 Å². The maximum Gasteiger partial charge on any atom is 0.122 e. The molecule has 4 nitrogen and oxygen atoms in total. The Morgan fingerprint density at radius 2 is 2.26 bits per heavy atom. The summed E-state index contributed by atoms with van der Waals surface area (Å²) >= 11 is 0. The monoisotopic (exact) mass is 259 g/mol. The maximum atomic E-state index is 5.67. The van der Waals surface area contributed by atoms with E-state index in [0.29, 0.717) is 6.61 Å². The molecule has 0 saturated carbocycles. The van der Waals surface area contributed by atoms with E-state index in [1.165, 1.54) is 5.56 Å². The molecule has 0 spiro atoms. The van der Waals surface area contributed by atoms with Crippen molar-refractivity contribution in [2.75, 3.05) is 13.2 Å². The molecule has 0 saturated heterocycles. The minimum absolute atomic E-state index is 0.663. The van der Waals surface area contributed by atoms with E-state index in [0.717, 1.165) is 31.2 Å². The van der Waals surface area contributed by atoms with Gasteiger partial charge >= 0.3 is 0 Å². The molecular formula is C15H21N3O. The third kappa shape index (κ3) is 4.10. The molecule has 1 N–H and O–H groups in total. The standard InChI is InChI=1S/C15H21N3O/c1-3-18-9-7-17-15(18)12-16-8-10-19-14-6-4-5-13(2)11-14/h4-7,9,11,16H,3,8,10,12H2,1-2H3. The number of hydrogen-bond donors (Lipinski definition) is 1. The fourth-order valence-electron chi connectivity index (χ4n) is 1.94. The molecule has 0 amide bonds. The van der Waals surface area contributed by atoms with Gasteiger partial charge in [0.2, 0.25) is 0 Å². The summed E-state index contributed by atoms with van der Waals surface area (Å²) in [6, 6.07) is 8.10. The molecule has 0 aliphatic rings. The highest BCUT2D eigenvalue weighted by molar-refractivity contribution is 5.27. The maximum absolute atomic E-state index is 5.67. The third-order valence-electron chi connectivity index (χ3n) is 2.96. The predicted octanol–water partition coefficient (Wildman–Crippen LogP) is 2.38. The molecule has 1 heterocycles. The van der Waals surface area contributed by atoms with Gasteiger partial charge in [-0.3, -0.25) is 0 Å². The Morgan fingerprint density at radius 1 is 1.37 bits per heavy atom. The number of imidazole rings is 1. The van der Waals surface area contributed by atoms with Crippen LogP contribution in [-0.2, 0) is 13.1 Å². The SMILES string of the molecule is CCn1ccnc1CNCCOc1cccc(C)c1. The van der Waals surface area contributed by atoms with Gasteiger partial charge in [0.25, 0.3) is 0 Å². The van der Waals surface area contributed by atoms with Crippen LogP contribution in [0.3, 0.4) is 0 Å². The van der Waals surface area contributed by atoms with Crippen molar-refractivity contribution in [3.8, 4) is 5.75 Å². The Labute approximate surface area is 114 Å². The summed E-state index contributed by atoms with van der Waals surface area (Å²) in [5.74, 6) is 2.00. The molecule has 0 atom stereocenters. The molecule has 0 unspecified atom stereocenters. The van der Waals surface area contributed by atoms with Crippen LogP contribution in [0.5, 0.6) is 5.75 Å². The molecule has 4 heteroatoms. The smallest absolute Gasteiger partial charge is 0.122 e. The zero-order valence-electron chi connectivity index (χ0n) is 11.6. The van der Waals surface area contributed by atoms with E-state index in [1.807, 2.05) is 30.6 Å². The fraction of sp³-hybridized carbons (Fsp3) is 0.400. The van der Waals surface area contributed by atoms with Crippen LogP contribution in [0.15, 0.2) is 36.7 Å². The highest BCUT2D eigenvalue weighted by Gasteiger charge is 2.00. The Hall–Kier alpha value is -1.81. The van der Waals surface area contributed by atoms with Gasteiger partial charge in [0.05, 0.1) is 6.54 Å². The quantitative estimate of drug-likeness (QED) is 0.776. The summed E-state index contributed by atoms with van der Waals surface area (Å²) in [5, 5.41) is 3.34. The van der Waals surface area contributed by atoms with Crippen molar-refractivity contribution < 1.29 is 4.74 Å². The summed E-state index contributed by atoms with van der Waals surface area (Å²) in [6.07, 6.45) is 3.84. The third-order valence-corrected chi connectivity index (χ3v) is 2.96. The van der Waals surface area contributed by atoms with E-state index in [-0.39, 0.29) is 0 Å². The average Bonchev–Trinajstić information content (AvgIpc) is 2.86. The minimum atomic E-state index is 0.663. The first-order valence-electron chi connectivity index (χ1n) is 6.70. The predicted molar refractivity (Wildman–Crippen MR) is 76.3 cm³/mol.